The fraction of sp³-hybridized carbons (Fsp3) is 0.222. The first kappa shape index (κ1) is 16.0. The second kappa shape index (κ2) is 6.70. The third kappa shape index (κ3) is 3.53. The van der Waals surface area contributed by atoms with Crippen LogP contribution in [0.1, 0.15) is 18.4 Å². The number of hydrogen-bond acceptors (Lipinski definition) is 2. The Morgan fingerprint density at radius 2 is 1.75 bits per heavy atom. The summed E-state index contributed by atoms with van der Waals surface area (Å²) in [5, 5.41) is 5.36. The highest BCUT2D eigenvalue weighted by molar-refractivity contribution is 6.01. The van der Waals surface area contributed by atoms with Crippen molar-refractivity contribution in [2.75, 3.05) is 22.1 Å². The van der Waals surface area contributed by atoms with Gasteiger partial charge >= 0.3 is 6.03 Å². The molecule has 1 heterocycles. The minimum atomic E-state index is -0.427. The highest BCUT2D eigenvalue weighted by Gasteiger charge is 2.23. The zero-order valence-corrected chi connectivity index (χ0v) is 13.3. The molecule has 0 unspecified atom stereocenters. The predicted molar refractivity (Wildman–Crippen MR) is 91.8 cm³/mol. The first-order valence-electron chi connectivity index (χ1n) is 7.77. The Morgan fingerprint density at radius 3 is 2.42 bits per heavy atom. The van der Waals surface area contributed by atoms with Crippen LogP contribution in [0.2, 0.25) is 0 Å². The van der Waals surface area contributed by atoms with E-state index in [0.717, 1.165) is 17.7 Å². The van der Waals surface area contributed by atoms with Crippen LogP contribution in [0.15, 0.2) is 42.5 Å². The number of anilines is 3. The first-order valence-corrected chi connectivity index (χ1v) is 7.77. The fourth-order valence-corrected chi connectivity index (χ4v) is 2.71. The Bertz CT molecular complexity index is 774. The molecule has 3 amide bonds. The van der Waals surface area contributed by atoms with Gasteiger partial charge < -0.3 is 15.5 Å². The lowest BCUT2D eigenvalue weighted by molar-refractivity contribution is -0.117. The molecule has 24 heavy (non-hydrogen) atoms. The summed E-state index contributed by atoms with van der Waals surface area (Å²) in [6.07, 6.45) is 1.41. The zero-order chi connectivity index (χ0) is 17.1. The summed E-state index contributed by atoms with van der Waals surface area (Å²) in [5.74, 6) is -0.259. The number of amides is 3. The lowest BCUT2D eigenvalue weighted by Crippen LogP contribution is -2.25. The van der Waals surface area contributed by atoms with E-state index < -0.39 is 6.03 Å². The maximum atomic E-state index is 12.9. The van der Waals surface area contributed by atoms with E-state index in [9.17, 15) is 14.0 Å². The molecule has 5 nitrogen and oxygen atoms in total. The van der Waals surface area contributed by atoms with Crippen LogP contribution in [0, 0.1) is 12.7 Å². The second-order valence-corrected chi connectivity index (χ2v) is 5.74. The van der Waals surface area contributed by atoms with Crippen molar-refractivity contribution in [1.29, 1.82) is 0 Å². The molecule has 0 aromatic heterocycles. The second-order valence-electron chi connectivity index (χ2n) is 5.74. The lowest BCUT2D eigenvalue weighted by Gasteiger charge is -2.19. The number of aryl methyl sites for hydroxylation is 1. The van der Waals surface area contributed by atoms with Crippen molar-refractivity contribution in [2.45, 2.75) is 19.8 Å². The van der Waals surface area contributed by atoms with Crippen molar-refractivity contribution < 1.29 is 14.0 Å². The molecule has 0 aliphatic carbocycles. The van der Waals surface area contributed by atoms with Crippen molar-refractivity contribution in [1.82, 2.24) is 0 Å². The normalized spacial score (nSPS) is 13.9. The van der Waals surface area contributed by atoms with E-state index in [-0.39, 0.29) is 11.7 Å². The van der Waals surface area contributed by atoms with E-state index in [1.165, 1.54) is 24.3 Å². The third-order valence-corrected chi connectivity index (χ3v) is 3.93. The number of hydrogen-bond donors (Lipinski definition) is 2. The van der Waals surface area contributed by atoms with Crippen LogP contribution in [0.25, 0.3) is 0 Å². The van der Waals surface area contributed by atoms with Crippen molar-refractivity contribution in [3.8, 4) is 0 Å². The molecule has 6 heteroatoms. The van der Waals surface area contributed by atoms with E-state index >= 15 is 0 Å². The molecule has 2 aromatic carbocycles. The van der Waals surface area contributed by atoms with Gasteiger partial charge in [0.05, 0.1) is 0 Å². The zero-order valence-electron chi connectivity index (χ0n) is 13.3. The van der Waals surface area contributed by atoms with Gasteiger partial charge in [-0.3, -0.25) is 4.79 Å². The topological polar surface area (TPSA) is 61.4 Å². The Balaban J connectivity index is 1.71. The van der Waals surface area contributed by atoms with E-state index in [1.807, 2.05) is 13.0 Å². The number of urea groups is 1. The van der Waals surface area contributed by atoms with E-state index in [2.05, 4.69) is 10.6 Å². The van der Waals surface area contributed by atoms with Crippen molar-refractivity contribution in [3.63, 3.8) is 0 Å². The van der Waals surface area contributed by atoms with Gasteiger partial charge in [-0.2, -0.15) is 0 Å². The maximum absolute atomic E-state index is 12.9. The molecular formula is C18H18FN3O2. The van der Waals surface area contributed by atoms with Crippen LogP contribution < -0.4 is 15.5 Å². The van der Waals surface area contributed by atoms with Crippen molar-refractivity contribution in [3.05, 3.63) is 53.8 Å². The Hall–Kier alpha value is -2.89. The Kier molecular flexibility index (Phi) is 4.46. The van der Waals surface area contributed by atoms with Gasteiger partial charge in [-0.25, -0.2) is 9.18 Å². The molecule has 0 spiro atoms. The largest absolute Gasteiger partial charge is 0.323 e. The van der Waals surface area contributed by atoms with Crippen LogP contribution in [0.4, 0.5) is 26.2 Å². The summed E-state index contributed by atoms with van der Waals surface area (Å²) in [4.78, 5) is 25.7. The molecule has 1 saturated heterocycles. The summed E-state index contributed by atoms with van der Waals surface area (Å²) in [7, 11) is 0. The number of rotatable bonds is 3. The smallest absolute Gasteiger partial charge is 0.312 e. The third-order valence-electron chi connectivity index (χ3n) is 3.93. The van der Waals surface area contributed by atoms with Gasteiger partial charge in [0.2, 0.25) is 5.91 Å². The van der Waals surface area contributed by atoms with Crippen LogP contribution >= 0.6 is 0 Å². The van der Waals surface area contributed by atoms with Crippen LogP contribution in [0.5, 0.6) is 0 Å². The van der Waals surface area contributed by atoms with E-state index in [0.29, 0.717) is 24.3 Å². The summed E-state index contributed by atoms with van der Waals surface area (Å²) in [6.45, 7) is 2.63. The summed E-state index contributed by atoms with van der Waals surface area (Å²) in [6, 6.07) is 10.5. The van der Waals surface area contributed by atoms with E-state index in [4.69, 9.17) is 0 Å². The van der Waals surface area contributed by atoms with Gasteiger partial charge in [-0.05, 0) is 55.3 Å². The predicted octanol–water partition coefficient (Wildman–Crippen LogP) is 3.90. The monoisotopic (exact) mass is 327 g/mol. The molecule has 0 radical (unpaired) electrons. The van der Waals surface area contributed by atoms with Gasteiger partial charge in [-0.1, -0.05) is 6.07 Å². The quantitative estimate of drug-likeness (QED) is 0.898. The maximum Gasteiger partial charge on any atom is 0.323 e. The van der Waals surface area contributed by atoms with Gasteiger partial charge in [0.25, 0.3) is 0 Å². The SMILES string of the molecule is Cc1ccc(NC(=O)Nc2ccc(F)cc2)cc1N1CCCC1=O. The molecule has 0 saturated carbocycles. The van der Waals surface area contributed by atoms with Crippen LogP contribution in [0.3, 0.4) is 0 Å². The average molecular weight is 327 g/mol. The molecule has 2 aromatic rings. The summed E-state index contributed by atoms with van der Waals surface area (Å²) < 4.78 is 12.9. The summed E-state index contributed by atoms with van der Waals surface area (Å²) in [5.41, 5.74) is 2.89. The molecule has 1 aliphatic heterocycles. The van der Waals surface area contributed by atoms with Gasteiger partial charge in [0, 0.05) is 30.0 Å². The number of nitrogens with zero attached hydrogens (tertiary/aromatic N) is 1. The van der Waals surface area contributed by atoms with Crippen molar-refractivity contribution in [2.24, 2.45) is 0 Å². The lowest BCUT2D eigenvalue weighted by atomic mass is 10.1. The summed E-state index contributed by atoms with van der Waals surface area (Å²) >= 11 is 0. The van der Waals surface area contributed by atoms with Gasteiger partial charge in [0.15, 0.2) is 0 Å². The minimum Gasteiger partial charge on any atom is -0.312 e. The number of halogens is 1. The van der Waals surface area contributed by atoms with Gasteiger partial charge in [-0.15, -0.1) is 0 Å². The standard InChI is InChI=1S/C18H18FN3O2/c1-12-4-7-15(11-16(12)22-10-2-3-17(22)23)21-18(24)20-14-8-5-13(19)6-9-14/h4-9,11H,2-3,10H2,1H3,(H2,20,21,24). The Labute approximate surface area is 139 Å². The molecule has 124 valence electrons. The molecule has 2 N–H and O–H groups in total. The molecular weight excluding hydrogens is 309 g/mol. The minimum absolute atomic E-state index is 0.103. The molecule has 1 fully saturated rings. The van der Waals surface area contributed by atoms with E-state index in [1.54, 1.807) is 17.0 Å². The number of nitrogens with one attached hydrogen (secondary N) is 2. The average Bonchev–Trinajstić information content (AvgIpc) is 2.97. The number of carbonyl (C=O) groups is 2. The highest BCUT2D eigenvalue weighted by Crippen LogP contribution is 2.28. The van der Waals surface area contributed by atoms with Crippen LogP contribution in [-0.4, -0.2) is 18.5 Å². The molecule has 0 bridgehead atoms. The molecule has 3 rings (SSSR count). The molecule has 1 aliphatic rings. The van der Waals surface area contributed by atoms with Crippen molar-refractivity contribution >= 4 is 29.0 Å². The van der Waals surface area contributed by atoms with Crippen LogP contribution in [-0.2, 0) is 4.79 Å². The number of benzene rings is 2. The highest BCUT2D eigenvalue weighted by atomic mass is 19.1. The number of carbonyl (C=O) groups excluding carboxylic acids is 2. The molecule has 0 atom stereocenters. The Morgan fingerprint density at radius 1 is 1.08 bits per heavy atom. The fourth-order valence-electron chi connectivity index (χ4n) is 2.71. The van der Waals surface area contributed by atoms with Gasteiger partial charge in [0.1, 0.15) is 5.82 Å². The first-order chi connectivity index (χ1) is 11.5.